The van der Waals surface area contributed by atoms with E-state index in [1.807, 2.05) is 0 Å². The molecule has 0 bridgehead atoms. The summed E-state index contributed by atoms with van der Waals surface area (Å²) in [5.41, 5.74) is 2.02. The highest BCUT2D eigenvalue weighted by Crippen LogP contribution is 2.17. The molecule has 0 aliphatic heterocycles. The van der Waals surface area contributed by atoms with Gasteiger partial charge in [-0.15, -0.1) is 0 Å². The summed E-state index contributed by atoms with van der Waals surface area (Å²) >= 11 is 0. The number of halogens is 3. The van der Waals surface area contributed by atoms with Crippen molar-refractivity contribution in [1.29, 1.82) is 0 Å². The molecule has 9 heteroatoms. The van der Waals surface area contributed by atoms with Crippen molar-refractivity contribution < 1.29 is 27.7 Å². The van der Waals surface area contributed by atoms with Gasteiger partial charge >= 0.3 is 6.18 Å². The van der Waals surface area contributed by atoms with Gasteiger partial charge in [0.05, 0.1) is 11.5 Å². The van der Waals surface area contributed by atoms with Crippen LogP contribution in [-0.2, 0) is 4.84 Å². The van der Waals surface area contributed by atoms with Crippen LogP contribution in [0.15, 0.2) is 24.3 Å². The van der Waals surface area contributed by atoms with Gasteiger partial charge in [-0.1, -0.05) is 0 Å². The van der Waals surface area contributed by atoms with Gasteiger partial charge < -0.3 is 4.74 Å². The SMILES string of the molecule is O=[N+]([O-])c1ccc(OCCNOCC(F)(F)F)cc1. The molecule has 1 rings (SSSR count). The Balaban J connectivity index is 2.17. The zero-order chi connectivity index (χ0) is 14.3. The lowest BCUT2D eigenvalue weighted by molar-refractivity contribution is -0.384. The number of ether oxygens (including phenoxy) is 1. The van der Waals surface area contributed by atoms with E-state index in [1.54, 1.807) is 0 Å². The fourth-order valence-corrected chi connectivity index (χ4v) is 1.08. The maximum Gasteiger partial charge on any atom is 0.413 e. The number of nitrogens with zero attached hydrogens (tertiary/aromatic N) is 1. The summed E-state index contributed by atoms with van der Waals surface area (Å²) in [5.74, 6) is 0.378. The molecule has 0 unspecified atom stereocenters. The van der Waals surface area contributed by atoms with Crippen molar-refractivity contribution in [1.82, 2.24) is 5.48 Å². The molecular weight excluding hydrogens is 269 g/mol. The van der Waals surface area contributed by atoms with E-state index in [9.17, 15) is 23.3 Å². The molecule has 0 amide bonds. The number of hydrogen-bond acceptors (Lipinski definition) is 5. The summed E-state index contributed by atoms with van der Waals surface area (Å²) in [6, 6.07) is 5.33. The van der Waals surface area contributed by atoms with E-state index in [-0.39, 0.29) is 18.8 Å². The Labute approximate surface area is 106 Å². The Morgan fingerprint density at radius 1 is 1.26 bits per heavy atom. The molecule has 0 aliphatic rings. The molecule has 0 aliphatic carbocycles. The molecule has 0 saturated carbocycles. The second-order valence-corrected chi connectivity index (χ2v) is 3.40. The van der Waals surface area contributed by atoms with Crippen molar-refractivity contribution in [2.24, 2.45) is 0 Å². The average molecular weight is 280 g/mol. The molecule has 0 aromatic heterocycles. The molecule has 6 nitrogen and oxygen atoms in total. The van der Waals surface area contributed by atoms with E-state index in [4.69, 9.17) is 4.74 Å². The summed E-state index contributed by atoms with van der Waals surface area (Å²) in [5, 5.41) is 10.4. The normalized spacial score (nSPS) is 11.3. The summed E-state index contributed by atoms with van der Waals surface area (Å²) in [7, 11) is 0. The maximum atomic E-state index is 11.7. The number of rotatable bonds is 7. The first-order valence-corrected chi connectivity index (χ1v) is 5.17. The Morgan fingerprint density at radius 2 is 1.89 bits per heavy atom. The van der Waals surface area contributed by atoms with Crippen LogP contribution < -0.4 is 10.2 Å². The Kier molecular flexibility index (Phi) is 5.52. The Bertz CT molecular complexity index is 408. The first-order chi connectivity index (χ1) is 8.88. The van der Waals surface area contributed by atoms with Crippen LogP contribution in [0.1, 0.15) is 0 Å². The van der Waals surface area contributed by atoms with Crippen molar-refractivity contribution >= 4 is 5.69 Å². The zero-order valence-corrected chi connectivity index (χ0v) is 9.64. The lowest BCUT2D eigenvalue weighted by Crippen LogP contribution is -2.27. The minimum absolute atomic E-state index is 0.0487. The standard InChI is InChI=1S/C10H11F3N2O4/c11-10(12,13)7-19-14-5-6-18-9-3-1-8(2-4-9)15(16)17/h1-4,14H,5-7H2. The third-order valence-corrected chi connectivity index (χ3v) is 1.86. The zero-order valence-electron chi connectivity index (χ0n) is 9.64. The first-order valence-electron chi connectivity index (χ1n) is 5.17. The third kappa shape index (κ3) is 6.58. The molecule has 19 heavy (non-hydrogen) atoms. The molecule has 0 radical (unpaired) electrons. The predicted octanol–water partition coefficient (Wildman–Crippen LogP) is 2.06. The van der Waals surface area contributed by atoms with E-state index in [0.717, 1.165) is 0 Å². The van der Waals surface area contributed by atoms with Crippen LogP contribution in [0.25, 0.3) is 0 Å². The van der Waals surface area contributed by atoms with Gasteiger partial charge in [0.15, 0.2) is 6.61 Å². The Morgan fingerprint density at radius 3 is 2.42 bits per heavy atom. The summed E-state index contributed by atoms with van der Waals surface area (Å²) in [6.07, 6.45) is -4.38. The van der Waals surface area contributed by atoms with Crippen LogP contribution in [0.4, 0.5) is 18.9 Å². The van der Waals surface area contributed by atoms with E-state index in [1.165, 1.54) is 24.3 Å². The highest BCUT2D eigenvalue weighted by Gasteiger charge is 2.27. The summed E-state index contributed by atoms with van der Waals surface area (Å²) in [6.45, 7) is -1.27. The molecule has 1 aromatic rings. The number of benzene rings is 1. The van der Waals surface area contributed by atoms with Crippen LogP contribution in [0.5, 0.6) is 5.75 Å². The number of nitrogens with one attached hydrogen (secondary N) is 1. The van der Waals surface area contributed by atoms with E-state index >= 15 is 0 Å². The Hall–Kier alpha value is -1.87. The van der Waals surface area contributed by atoms with Crippen LogP contribution in [0, 0.1) is 10.1 Å². The number of alkyl halides is 3. The fraction of sp³-hybridized carbons (Fsp3) is 0.400. The molecule has 0 saturated heterocycles. The van der Waals surface area contributed by atoms with Crippen molar-refractivity contribution in [3.8, 4) is 5.75 Å². The largest absolute Gasteiger partial charge is 0.492 e. The van der Waals surface area contributed by atoms with Crippen molar-refractivity contribution in [3.63, 3.8) is 0 Å². The number of nitro groups is 1. The second-order valence-electron chi connectivity index (χ2n) is 3.40. The fourth-order valence-electron chi connectivity index (χ4n) is 1.08. The first kappa shape index (κ1) is 15.2. The monoisotopic (exact) mass is 280 g/mol. The van der Waals surface area contributed by atoms with Gasteiger partial charge in [0.1, 0.15) is 12.4 Å². The number of hydrogen-bond donors (Lipinski definition) is 1. The van der Waals surface area contributed by atoms with Gasteiger partial charge in [-0.3, -0.25) is 15.0 Å². The van der Waals surface area contributed by atoms with Gasteiger partial charge in [-0.25, -0.2) is 0 Å². The van der Waals surface area contributed by atoms with Crippen molar-refractivity contribution in [3.05, 3.63) is 34.4 Å². The van der Waals surface area contributed by atoms with Crippen LogP contribution in [0.3, 0.4) is 0 Å². The quantitative estimate of drug-likeness (QED) is 0.470. The topological polar surface area (TPSA) is 73.6 Å². The molecule has 106 valence electrons. The van der Waals surface area contributed by atoms with E-state index in [0.29, 0.717) is 5.75 Å². The summed E-state index contributed by atoms with van der Waals surface area (Å²) < 4.78 is 40.2. The van der Waals surface area contributed by atoms with Gasteiger partial charge in [0.25, 0.3) is 5.69 Å². The van der Waals surface area contributed by atoms with Gasteiger partial charge in [-0.05, 0) is 12.1 Å². The number of non-ortho nitro benzene ring substituents is 1. The predicted molar refractivity (Wildman–Crippen MR) is 58.6 cm³/mol. The van der Waals surface area contributed by atoms with Gasteiger partial charge in [0, 0.05) is 12.1 Å². The smallest absolute Gasteiger partial charge is 0.413 e. The maximum absolute atomic E-state index is 11.7. The number of nitro benzene ring substituents is 1. The molecule has 1 aromatic carbocycles. The van der Waals surface area contributed by atoms with Crippen LogP contribution in [0.2, 0.25) is 0 Å². The molecular formula is C10H11F3N2O4. The lowest BCUT2D eigenvalue weighted by atomic mass is 10.3. The van der Waals surface area contributed by atoms with E-state index in [2.05, 4.69) is 10.3 Å². The van der Waals surface area contributed by atoms with Crippen molar-refractivity contribution in [2.75, 3.05) is 19.8 Å². The lowest BCUT2D eigenvalue weighted by Gasteiger charge is -2.09. The average Bonchev–Trinajstić information content (AvgIpc) is 2.33. The molecule has 0 fully saturated rings. The molecule has 0 heterocycles. The third-order valence-electron chi connectivity index (χ3n) is 1.86. The van der Waals surface area contributed by atoms with Gasteiger partial charge in [0.2, 0.25) is 0 Å². The van der Waals surface area contributed by atoms with Crippen molar-refractivity contribution in [2.45, 2.75) is 6.18 Å². The van der Waals surface area contributed by atoms with Gasteiger partial charge in [-0.2, -0.15) is 18.7 Å². The molecule has 0 spiro atoms. The number of hydroxylamine groups is 1. The second kappa shape index (κ2) is 6.90. The highest BCUT2D eigenvalue weighted by atomic mass is 19.4. The minimum atomic E-state index is -4.38. The highest BCUT2D eigenvalue weighted by molar-refractivity contribution is 5.35. The van der Waals surface area contributed by atoms with Crippen LogP contribution >= 0.6 is 0 Å². The molecule has 0 atom stereocenters. The minimum Gasteiger partial charge on any atom is -0.492 e. The molecule has 1 N–H and O–H groups in total. The summed E-state index contributed by atoms with van der Waals surface area (Å²) in [4.78, 5) is 14.0. The van der Waals surface area contributed by atoms with Crippen LogP contribution in [-0.4, -0.2) is 30.9 Å². The van der Waals surface area contributed by atoms with E-state index < -0.39 is 17.7 Å².